The first-order valence-corrected chi connectivity index (χ1v) is 8.83. The summed E-state index contributed by atoms with van der Waals surface area (Å²) in [5, 5.41) is 7.06. The van der Waals surface area contributed by atoms with Crippen molar-refractivity contribution in [3.63, 3.8) is 0 Å². The maximum Gasteiger partial charge on any atom is 0.291 e. The summed E-state index contributed by atoms with van der Waals surface area (Å²) in [6, 6.07) is 15.6. The maximum absolute atomic E-state index is 12.4. The van der Waals surface area contributed by atoms with Crippen LogP contribution in [0.15, 0.2) is 60.9 Å². The molecule has 1 aromatic carbocycles. The van der Waals surface area contributed by atoms with Gasteiger partial charge in [-0.05, 0) is 47.9 Å². The Kier molecular flexibility index (Phi) is 4.72. The van der Waals surface area contributed by atoms with Crippen molar-refractivity contribution in [3.05, 3.63) is 78.0 Å². The third kappa shape index (κ3) is 3.68. The zero-order chi connectivity index (χ0) is 19.5. The van der Waals surface area contributed by atoms with Crippen LogP contribution in [0.5, 0.6) is 5.75 Å². The van der Waals surface area contributed by atoms with Crippen LogP contribution in [0, 0.1) is 6.92 Å². The predicted molar refractivity (Wildman–Crippen MR) is 105 cm³/mol. The van der Waals surface area contributed by atoms with Crippen LogP contribution in [0.4, 0.5) is 0 Å². The summed E-state index contributed by atoms with van der Waals surface area (Å²) < 4.78 is 6.68. The summed E-state index contributed by atoms with van der Waals surface area (Å²) in [5.74, 6) is 0.447. The Hall–Kier alpha value is -3.74. The Morgan fingerprint density at radius 3 is 2.68 bits per heavy atom. The normalized spacial score (nSPS) is 10.8. The molecule has 0 atom stereocenters. The van der Waals surface area contributed by atoms with Crippen molar-refractivity contribution < 1.29 is 9.53 Å². The van der Waals surface area contributed by atoms with Crippen molar-refractivity contribution in [1.29, 1.82) is 0 Å². The molecule has 4 rings (SSSR count). The number of carbonyl (C=O) groups excluding carboxylic acids is 1. The molecule has 1 amide bonds. The van der Waals surface area contributed by atoms with Gasteiger partial charge in [-0.15, -0.1) is 5.10 Å². The summed E-state index contributed by atoms with van der Waals surface area (Å²) in [6.07, 6.45) is 3.48. The maximum atomic E-state index is 12.4. The van der Waals surface area contributed by atoms with Gasteiger partial charge in [0.15, 0.2) is 5.65 Å². The highest BCUT2D eigenvalue weighted by atomic mass is 16.5. The van der Waals surface area contributed by atoms with Gasteiger partial charge >= 0.3 is 0 Å². The highest BCUT2D eigenvalue weighted by molar-refractivity contribution is 5.90. The Morgan fingerprint density at radius 1 is 1.11 bits per heavy atom. The van der Waals surface area contributed by atoms with Crippen LogP contribution in [0.3, 0.4) is 0 Å². The van der Waals surface area contributed by atoms with Gasteiger partial charge in [-0.2, -0.15) is 0 Å². The molecule has 3 heterocycles. The fourth-order valence-electron chi connectivity index (χ4n) is 2.88. The summed E-state index contributed by atoms with van der Waals surface area (Å²) in [5.41, 5.74) is 4.78. The van der Waals surface area contributed by atoms with Gasteiger partial charge in [0.2, 0.25) is 5.82 Å². The fraction of sp³-hybridized carbons (Fsp3) is 0.143. The Labute approximate surface area is 162 Å². The standard InChI is InChI=1S/C21H19N5O2/c1-14-11-17(9-10-22-14)16-5-3-15(4-6-16)12-23-21(27)20-24-19-8-7-18(28-2)13-26(19)25-20/h3-11,13H,12H2,1-2H3,(H,23,27). The first kappa shape index (κ1) is 17.7. The molecule has 1 N–H and O–H groups in total. The van der Waals surface area contributed by atoms with E-state index in [-0.39, 0.29) is 11.7 Å². The van der Waals surface area contributed by atoms with Crippen LogP contribution in [-0.2, 0) is 6.54 Å². The van der Waals surface area contributed by atoms with E-state index in [4.69, 9.17) is 4.74 Å². The largest absolute Gasteiger partial charge is 0.495 e. The third-order valence-electron chi connectivity index (χ3n) is 4.38. The van der Waals surface area contributed by atoms with E-state index < -0.39 is 0 Å². The lowest BCUT2D eigenvalue weighted by Crippen LogP contribution is -2.24. The lowest BCUT2D eigenvalue weighted by atomic mass is 10.0. The number of nitrogens with one attached hydrogen (secondary N) is 1. The minimum absolute atomic E-state index is 0.122. The van der Waals surface area contributed by atoms with E-state index in [9.17, 15) is 4.79 Å². The van der Waals surface area contributed by atoms with Gasteiger partial charge in [-0.1, -0.05) is 24.3 Å². The van der Waals surface area contributed by atoms with Gasteiger partial charge in [-0.3, -0.25) is 9.78 Å². The lowest BCUT2D eigenvalue weighted by molar-refractivity contribution is 0.0940. The topological polar surface area (TPSA) is 81.4 Å². The second kappa shape index (κ2) is 7.48. The van der Waals surface area contributed by atoms with Crippen molar-refractivity contribution in [2.24, 2.45) is 0 Å². The van der Waals surface area contributed by atoms with Gasteiger partial charge in [-0.25, -0.2) is 9.50 Å². The zero-order valence-electron chi connectivity index (χ0n) is 15.6. The molecule has 4 aromatic rings. The van der Waals surface area contributed by atoms with E-state index in [1.54, 1.807) is 31.6 Å². The fourth-order valence-corrected chi connectivity index (χ4v) is 2.88. The number of nitrogens with zero attached hydrogens (tertiary/aromatic N) is 4. The monoisotopic (exact) mass is 373 g/mol. The lowest BCUT2D eigenvalue weighted by Gasteiger charge is -2.06. The van der Waals surface area contributed by atoms with Crippen LogP contribution >= 0.6 is 0 Å². The van der Waals surface area contributed by atoms with Gasteiger partial charge in [0, 0.05) is 18.4 Å². The number of aryl methyl sites for hydroxylation is 1. The Balaban J connectivity index is 1.43. The molecule has 7 nitrogen and oxygen atoms in total. The molecule has 0 aliphatic heterocycles. The average molecular weight is 373 g/mol. The van der Waals surface area contributed by atoms with Crippen LogP contribution in [0.1, 0.15) is 21.9 Å². The first-order chi connectivity index (χ1) is 13.6. The molecule has 3 aromatic heterocycles. The van der Waals surface area contributed by atoms with E-state index in [1.165, 1.54) is 4.52 Å². The third-order valence-corrected chi connectivity index (χ3v) is 4.38. The van der Waals surface area contributed by atoms with E-state index >= 15 is 0 Å². The first-order valence-electron chi connectivity index (χ1n) is 8.83. The molecule has 0 saturated heterocycles. The Morgan fingerprint density at radius 2 is 1.93 bits per heavy atom. The van der Waals surface area contributed by atoms with Crippen molar-refractivity contribution in [1.82, 2.24) is 24.9 Å². The summed E-state index contributed by atoms with van der Waals surface area (Å²) in [6.45, 7) is 2.37. The minimum Gasteiger partial charge on any atom is -0.495 e. The van der Waals surface area contributed by atoms with Gasteiger partial charge < -0.3 is 10.1 Å². The number of hydrogen-bond donors (Lipinski definition) is 1. The number of methoxy groups -OCH3 is 1. The number of rotatable bonds is 5. The number of benzene rings is 1. The number of ether oxygens (including phenoxy) is 1. The van der Waals surface area contributed by atoms with Crippen LogP contribution in [0.25, 0.3) is 16.8 Å². The Bertz CT molecular complexity index is 1140. The van der Waals surface area contributed by atoms with Crippen LogP contribution in [-0.4, -0.2) is 32.6 Å². The van der Waals surface area contributed by atoms with E-state index in [1.807, 2.05) is 43.3 Å². The van der Waals surface area contributed by atoms with Crippen LogP contribution in [0.2, 0.25) is 0 Å². The number of fused-ring (bicyclic) bond motifs is 1. The van der Waals surface area contributed by atoms with E-state index in [0.717, 1.165) is 22.4 Å². The van der Waals surface area contributed by atoms with E-state index in [0.29, 0.717) is 17.9 Å². The van der Waals surface area contributed by atoms with Gasteiger partial charge in [0.25, 0.3) is 5.91 Å². The molecule has 140 valence electrons. The molecule has 0 aliphatic carbocycles. The zero-order valence-corrected chi connectivity index (χ0v) is 15.6. The molecular weight excluding hydrogens is 354 g/mol. The molecule has 0 saturated carbocycles. The minimum atomic E-state index is -0.323. The molecule has 0 radical (unpaired) electrons. The molecule has 7 heteroatoms. The van der Waals surface area contributed by atoms with Gasteiger partial charge in [0.1, 0.15) is 5.75 Å². The van der Waals surface area contributed by atoms with Crippen molar-refractivity contribution >= 4 is 11.6 Å². The van der Waals surface area contributed by atoms with Crippen LogP contribution < -0.4 is 10.1 Å². The number of pyridine rings is 2. The van der Waals surface area contributed by atoms with Crippen molar-refractivity contribution in [2.45, 2.75) is 13.5 Å². The number of hydrogen-bond acceptors (Lipinski definition) is 5. The smallest absolute Gasteiger partial charge is 0.291 e. The average Bonchev–Trinajstić information content (AvgIpc) is 3.15. The van der Waals surface area contributed by atoms with Gasteiger partial charge in [0.05, 0.1) is 13.3 Å². The highest BCUT2D eigenvalue weighted by Crippen LogP contribution is 2.20. The molecule has 28 heavy (non-hydrogen) atoms. The van der Waals surface area contributed by atoms with Crippen molar-refractivity contribution in [2.75, 3.05) is 7.11 Å². The van der Waals surface area contributed by atoms with E-state index in [2.05, 4.69) is 20.4 Å². The summed E-state index contributed by atoms with van der Waals surface area (Å²) >= 11 is 0. The SMILES string of the molecule is COc1ccc2nc(C(=O)NCc3ccc(-c4ccnc(C)c4)cc3)nn2c1. The molecular formula is C21H19N5O2. The second-order valence-corrected chi connectivity index (χ2v) is 6.37. The number of aromatic nitrogens is 4. The molecule has 0 fully saturated rings. The predicted octanol–water partition coefficient (Wildman–Crippen LogP) is 3.04. The molecule has 0 spiro atoms. The quantitative estimate of drug-likeness (QED) is 0.581. The highest BCUT2D eigenvalue weighted by Gasteiger charge is 2.13. The number of carbonyl (C=O) groups is 1. The molecule has 0 unspecified atom stereocenters. The summed E-state index contributed by atoms with van der Waals surface area (Å²) in [7, 11) is 1.58. The molecule has 0 aliphatic rings. The summed E-state index contributed by atoms with van der Waals surface area (Å²) in [4.78, 5) is 20.8. The van der Waals surface area contributed by atoms with Crippen molar-refractivity contribution in [3.8, 4) is 16.9 Å². The number of amides is 1. The molecule has 0 bridgehead atoms. The second-order valence-electron chi connectivity index (χ2n) is 6.37.